The van der Waals surface area contributed by atoms with Crippen LogP contribution >= 0.6 is 0 Å². The molecule has 0 aromatic heterocycles. The van der Waals surface area contributed by atoms with E-state index in [-0.39, 0.29) is 12.7 Å². The summed E-state index contributed by atoms with van der Waals surface area (Å²) in [5.41, 5.74) is 1.91. The van der Waals surface area contributed by atoms with Gasteiger partial charge < -0.3 is 19.1 Å². The van der Waals surface area contributed by atoms with E-state index in [0.717, 1.165) is 22.6 Å². The van der Waals surface area contributed by atoms with Crippen LogP contribution in [-0.2, 0) is 11.3 Å². The molecule has 124 valence electrons. The zero-order chi connectivity index (χ0) is 16.9. The Hall–Kier alpha value is -2.95. The molecule has 24 heavy (non-hydrogen) atoms. The SMILES string of the molecule is COc1cccc(CN(C)C(=O)/C=C/c2ccc3c(c2)OCO3)c1. The molecule has 0 saturated carbocycles. The lowest BCUT2D eigenvalue weighted by Gasteiger charge is -2.15. The number of carbonyl (C=O) groups excluding carboxylic acids is 1. The van der Waals surface area contributed by atoms with Gasteiger partial charge >= 0.3 is 0 Å². The molecule has 0 atom stereocenters. The smallest absolute Gasteiger partial charge is 0.246 e. The first kappa shape index (κ1) is 15.9. The number of fused-ring (bicyclic) bond motifs is 1. The number of ether oxygens (including phenoxy) is 3. The molecule has 0 aliphatic carbocycles. The summed E-state index contributed by atoms with van der Waals surface area (Å²) in [6.07, 6.45) is 3.32. The van der Waals surface area contributed by atoms with E-state index in [1.807, 2.05) is 42.5 Å². The van der Waals surface area contributed by atoms with E-state index in [1.54, 1.807) is 31.2 Å². The molecular weight excluding hydrogens is 306 g/mol. The van der Waals surface area contributed by atoms with Crippen molar-refractivity contribution in [2.24, 2.45) is 0 Å². The monoisotopic (exact) mass is 325 g/mol. The molecule has 1 aliphatic rings. The van der Waals surface area contributed by atoms with E-state index in [0.29, 0.717) is 12.3 Å². The third kappa shape index (κ3) is 3.68. The Morgan fingerprint density at radius 3 is 2.88 bits per heavy atom. The van der Waals surface area contributed by atoms with E-state index in [4.69, 9.17) is 14.2 Å². The maximum atomic E-state index is 12.3. The summed E-state index contributed by atoms with van der Waals surface area (Å²) in [5.74, 6) is 2.14. The molecule has 0 radical (unpaired) electrons. The Labute approximate surface area is 141 Å². The van der Waals surface area contributed by atoms with E-state index < -0.39 is 0 Å². The zero-order valence-corrected chi connectivity index (χ0v) is 13.7. The molecule has 0 spiro atoms. The molecule has 2 aromatic rings. The van der Waals surface area contributed by atoms with Gasteiger partial charge in [-0.3, -0.25) is 4.79 Å². The van der Waals surface area contributed by atoms with Crippen LogP contribution in [0.3, 0.4) is 0 Å². The van der Waals surface area contributed by atoms with Gasteiger partial charge in [-0.1, -0.05) is 18.2 Å². The van der Waals surface area contributed by atoms with Crippen molar-refractivity contribution >= 4 is 12.0 Å². The van der Waals surface area contributed by atoms with E-state index in [1.165, 1.54) is 0 Å². The number of carbonyl (C=O) groups is 1. The molecule has 3 rings (SSSR count). The van der Waals surface area contributed by atoms with Crippen molar-refractivity contribution in [2.75, 3.05) is 21.0 Å². The maximum absolute atomic E-state index is 12.3. The molecule has 1 heterocycles. The van der Waals surface area contributed by atoms with Gasteiger partial charge in [-0.15, -0.1) is 0 Å². The van der Waals surface area contributed by atoms with Crippen molar-refractivity contribution in [1.82, 2.24) is 4.90 Å². The van der Waals surface area contributed by atoms with Gasteiger partial charge in [-0.2, -0.15) is 0 Å². The molecule has 1 aliphatic heterocycles. The third-order valence-electron chi connectivity index (χ3n) is 3.75. The lowest BCUT2D eigenvalue weighted by atomic mass is 10.1. The van der Waals surface area contributed by atoms with Crippen molar-refractivity contribution in [1.29, 1.82) is 0 Å². The lowest BCUT2D eigenvalue weighted by Crippen LogP contribution is -2.24. The first-order valence-electron chi connectivity index (χ1n) is 7.61. The Morgan fingerprint density at radius 1 is 1.21 bits per heavy atom. The third-order valence-corrected chi connectivity index (χ3v) is 3.75. The number of likely N-dealkylation sites (N-methyl/N-ethyl adjacent to an activating group) is 1. The first-order valence-corrected chi connectivity index (χ1v) is 7.61. The highest BCUT2D eigenvalue weighted by atomic mass is 16.7. The van der Waals surface area contributed by atoms with E-state index in [2.05, 4.69) is 0 Å². The number of rotatable bonds is 5. The minimum absolute atomic E-state index is 0.0736. The molecule has 1 amide bonds. The molecular formula is C19H19NO4. The highest BCUT2D eigenvalue weighted by molar-refractivity contribution is 5.91. The molecule has 0 fully saturated rings. The van der Waals surface area contributed by atoms with Gasteiger partial charge in [-0.25, -0.2) is 0 Å². The Balaban J connectivity index is 1.63. The second-order valence-corrected chi connectivity index (χ2v) is 5.49. The van der Waals surface area contributed by atoms with Gasteiger partial charge in [0, 0.05) is 19.7 Å². The molecule has 0 N–H and O–H groups in total. The normalized spacial score (nSPS) is 12.4. The second-order valence-electron chi connectivity index (χ2n) is 5.49. The first-order chi connectivity index (χ1) is 11.7. The summed E-state index contributed by atoms with van der Waals surface area (Å²) in [7, 11) is 3.40. The molecule has 0 saturated heterocycles. The number of hydrogen-bond acceptors (Lipinski definition) is 4. The summed E-state index contributed by atoms with van der Waals surface area (Å²) in [5, 5.41) is 0. The standard InChI is InChI=1S/C19H19NO4/c1-20(12-15-4-3-5-16(10-15)22-2)19(21)9-7-14-6-8-17-18(11-14)24-13-23-17/h3-11H,12-13H2,1-2H3/b9-7+. The quantitative estimate of drug-likeness (QED) is 0.793. The van der Waals surface area contributed by atoms with Crippen LogP contribution in [0.15, 0.2) is 48.5 Å². The summed E-state index contributed by atoms with van der Waals surface area (Å²) < 4.78 is 15.8. The number of nitrogens with zero attached hydrogens (tertiary/aromatic N) is 1. The fourth-order valence-electron chi connectivity index (χ4n) is 2.43. The Kier molecular flexibility index (Phi) is 4.70. The largest absolute Gasteiger partial charge is 0.497 e. The van der Waals surface area contributed by atoms with Gasteiger partial charge in [0.2, 0.25) is 12.7 Å². The van der Waals surface area contributed by atoms with Gasteiger partial charge in [0.25, 0.3) is 0 Å². The van der Waals surface area contributed by atoms with Crippen LogP contribution in [0, 0.1) is 0 Å². The maximum Gasteiger partial charge on any atom is 0.246 e. The minimum Gasteiger partial charge on any atom is -0.497 e. The van der Waals surface area contributed by atoms with Crippen LogP contribution in [0.1, 0.15) is 11.1 Å². The highest BCUT2D eigenvalue weighted by Crippen LogP contribution is 2.32. The van der Waals surface area contributed by atoms with Crippen molar-refractivity contribution in [3.63, 3.8) is 0 Å². The summed E-state index contributed by atoms with van der Waals surface area (Å²) in [6, 6.07) is 13.3. The molecule has 0 bridgehead atoms. The van der Waals surface area contributed by atoms with Crippen LogP contribution < -0.4 is 14.2 Å². The summed E-state index contributed by atoms with van der Waals surface area (Å²) >= 11 is 0. The minimum atomic E-state index is -0.0736. The predicted molar refractivity (Wildman–Crippen MR) is 91.1 cm³/mol. The number of methoxy groups -OCH3 is 1. The number of hydrogen-bond donors (Lipinski definition) is 0. The predicted octanol–water partition coefficient (Wildman–Crippen LogP) is 3.10. The number of benzene rings is 2. The van der Waals surface area contributed by atoms with Crippen molar-refractivity contribution in [2.45, 2.75) is 6.54 Å². The summed E-state index contributed by atoms with van der Waals surface area (Å²) in [4.78, 5) is 13.9. The van der Waals surface area contributed by atoms with E-state index in [9.17, 15) is 4.79 Å². The van der Waals surface area contributed by atoms with Crippen LogP contribution in [0.4, 0.5) is 0 Å². The van der Waals surface area contributed by atoms with Crippen molar-refractivity contribution in [3.8, 4) is 17.2 Å². The van der Waals surface area contributed by atoms with Gasteiger partial charge in [0.1, 0.15) is 5.75 Å². The van der Waals surface area contributed by atoms with Gasteiger partial charge in [0.15, 0.2) is 11.5 Å². The van der Waals surface area contributed by atoms with Crippen LogP contribution in [0.2, 0.25) is 0 Å². The van der Waals surface area contributed by atoms with Crippen molar-refractivity contribution in [3.05, 3.63) is 59.7 Å². The molecule has 5 heteroatoms. The van der Waals surface area contributed by atoms with Gasteiger partial charge in [0.05, 0.1) is 7.11 Å². The number of amides is 1. The average Bonchev–Trinajstić information content (AvgIpc) is 3.07. The Bertz CT molecular complexity index is 770. The topological polar surface area (TPSA) is 48.0 Å². The van der Waals surface area contributed by atoms with Crippen molar-refractivity contribution < 1.29 is 19.0 Å². The fourth-order valence-corrected chi connectivity index (χ4v) is 2.43. The van der Waals surface area contributed by atoms with Crippen LogP contribution in [0.5, 0.6) is 17.2 Å². The lowest BCUT2D eigenvalue weighted by molar-refractivity contribution is -0.125. The van der Waals surface area contributed by atoms with Crippen LogP contribution in [0.25, 0.3) is 6.08 Å². The fraction of sp³-hybridized carbons (Fsp3) is 0.211. The van der Waals surface area contributed by atoms with Gasteiger partial charge in [-0.05, 0) is 41.5 Å². The zero-order valence-electron chi connectivity index (χ0n) is 13.7. The molecule has 2 aromatic carbocycles. The van der Waals surface area contributed by atoms with E-state index >= 15 is 0 Å². The highest BCUT2D eigenvalue weighted by Gasteiger charge is 2.12. The molecule has 0 unspecified atom stereocenters. The molecule has 5 nitrogen and oxygen atoms in total. The second kappa shape index (κ2) is 7.08. The summed E-state index contributed by atoms with van der Waals surface area (Å²) in [6.45, 7) is 0.756. The van der Waals surface area contributed by atoms with Crippen LogP contribution in [-0.4, -0.2) is 31.8 Å². The Morgan fingerprint density at radius 2 is 2.04 bits per heavy atom. The average molecular weight is 325 g/mol.